The van der Waals surface area contributed by atoms with Crippen LogP contribution in [-0.2, 0) is 16.0 Å². The van der Waals surface area contributed by atoms with Crippen molar-refractivity contribution in [3.63, 3.8) is 0 Å². The number of carbonyl (C=O) groups is 1. The van der Waals surface area contributed by atoms with Crippen LogP contribution in [0.2, 0.25) is 0 Å². The summed E-state index contributed by atoms with van der Waals surface area (Å²) in [6, 6.07) is 5.05. The topological polar surface area (TPSA) is 125 Å². The van der Waals surface area contributed by atoms with Crippen molar-refractivity contribution in [1.82, 2.24) is 5.32 Å². The third kappa shape index (κ3) is 6.61. The first-order valence-corrected chi connectivity index (χ1v) is 7.71. The fourth-order valence-corrected chi connectivity index (χ4v) is 2.14. The van der Waals surface area contributed by atoms with Crippen molar-refractivity contribution >= 4 is 28.7 Å². The molecule has 0 aliphatic heterocycles. The number of anilines is 1. The monoisotopic (exact) mass is 344 g/mol. The Morgan fingerprint density at radius 3 is 2.35 bits per heavy atom. The summed E-state index contributed by atoms with van der Waals surface area (Å²) in [7, 11) is 0. The average Bonchev–Trinajstić information content (AvgIpc) is 2.41. The zero-order valence-electron chi connectivity index (χ0n) is 13.0. The van der Waals surface area contributed by atoms with E-state index in [-0.39, 0.29) is 24.5 Å². The predicted molar refractivity (Wildman–Crippen MR) is 83.6 cm³/mol. The lowest BCUT2D eigenvalue weighted by molar-refractivity contribution is -0.384. The molecule has 1 aromatic carbocycles. The maximum atomic E-state index is 11.5. The molecule has 9 nitrogen and oxygen atoms in total. The van der Waals surface area contributed by atoms with Gasteiger partial charge < -0.3 is 18.9 Å². The summed E-state index contributed by atoms with van der Waals surface area (Å²) in [5, 5.41) is 13.0. The van der Waals surface area contributed by atoms with Crippen LogP contribution in [0.3, 0.4) is 0 Å². The normalized spacial score (nSPS) is 12.3. The van der Waals surface area contributed by atoms with E-state index in [1.54, 1.807) is 20.8 Å². The molecule has 1 atom stereocenters. The number of nitro groups is 1. The van der Waals surface area contributed by atoms with Gasteiger partial charge in [0.15, 0.2) is 0 Å². The van der Waals surface area contributed by atoms with Gasteiger partial charge in [-0.2, -0.15) is 0 Å². The molecule has 1 aromatic rings. The van der Waals surface area contributed by atoms with Gasteiger partial charge >= 0.3 is 6.09 Å². The van der Waals surface area contributed by atoms with Crippen LogP contribution >= 0.6 is 0 Å². The molecule has 0 radical (unpaired) electrons. The Bertz CT molecular complexity index is 584. The van der Waals surface area contributed by atoms with Crippen molar-refractivity contribution in [3.05, 3.63) is 34.4 Å². The molecule has 128 valence electrons. The summed E-state index contributed by atoms with van der Waals surface area (Å²) in [5.74, 6) is 0. The number of nitrogens with one attached hydrogen (secondary N) is 1. The van der Waals surface area contributed by atoms with Crippen LogP contribution in [-0.4, -0.2) is 38.5 Å². The second kappa shape index (κ2) is 7.88. The number of amides is 1. The smallest absolute Gasteiger partial charge is 0.407 e. The molecule has 0 heterocycles. The van der Waals surface area contributed by atoms with E-state index in [1.807, 2.05) is 0 Å². The number of hydrogen-bond acceptors (Lipinski definition) is 6. The summed E-state index contributed by atoms with van der Waals surface area (Å²) in [6.07, 6.45) is -0.655. The van der Waals surface area contributed by atoms with Crippen LogP contribution in [0.4, 0.5) is 16.2 Å². The molecule has 0 saturated carbocycles. The van der Waals surface area contributed by atoms with E-state index in [2.05, 4.69) is 5.32 Å². The molecule has 1 rings (SSSR count). The molecule has 10 heteroatoms. The Hall–Kier alpha value is -2.20. The second-order valence-corrected chi connectivity index (χ2v) is 6.40. The van der Waals surface area contributed by atoms with Crippen LogP contribution in [0.5, 0.6) is 0 Å². The Labute approximate surface area is 136 Å². The molecule has 0 spiro atoms. The zero-order valence-corrected chi connectivity index (χ0v) is 13.8. The summed E-state index contributed by atoms with van der Waals surface area (Å²) in [6.45, 7) is 5.13. The standard InChI is InChI=1S/C13H19N3O6S/c1-13(2,3)22-12(17)14-8-9-15(23(20)21)10-4-6-11(7-5-10)16(18)19/h4-7H,8-9H2,1-3H3,(H,14,17)(H,20,21)/p-1. The Morgan fingerprint density at radius 2 is 1.91 bits per heavy atom. The van der Waals surface area contributed by atoms with Crippen LogP contribution in [0, 0.1) is 10.1 Å². The van der Waals surface area contributed by atoms with Gasteiger partial charge in [0.1, 0.15) is 5.60 Å². The van der Waals surface area contributed by atoms with E-state index in [9.17, 15) is 23.7 Å². The van der Waals surface area contributed by atoms with Gasteiger partial charge in [-0.15, -0.1) is 0 Å². The minimum Gasteiger partial charge on any atom is -0.755 e. The van der Waals surface area contributed by atoms with Gasteiger partial charge in [0.25, 0.3) is 5.69 Å². The molecular formula is C13H18N3O6S-. The van der Waals surface area contributed by atoms with Gasteiger partial charge in [0, 0.05) is 42.2 Å². The zero-order chi connectivity index (χ0) is 17.6. The summed E-state index contributed by atoms with van der Waals surface area (Å²) in [5.41, 5.74) is -0.532. The summed E-state index contributed by atoms with van der Waals surface area (Å²) in [4.78, 5) is 21.5. The molecule has 1 N–H and O–H groups in total. The van der Waals surface area contributed by atoms with Crippen LogP contribution in [0.1, 0.15) is 20.8 Å². The van der Waals surface area contributed by atoms with E-state index in [0.717, 1.165) is 4.31 Å². The highest BCUT2D eigenvalue weighted by Crippen LogP contribution is 2.19. The van der Waals surface area contributed by atoms with Crippen molar-refractivity contribution in [2.75, 3.05) is 17.4 Å². The SMILES string of the molecule is CC(C)(C)OC(=O)NCCN(c1ccc([N+](=O)[O-])cc1)S(=O)[O-]. The quantitative estimate of drug-likeness (QED) is 0.476. The van der Waals surface area contributed by atoms with Gasteiger partial charge in [0.05, 0.1) is 4.92 Å². The lowest BCUT2D eigenvalue weighted by Gasteiger charge is -2.26. The minimum absolute atomic E-state index is 0.0277. The number of alkyl carbamates (subject to hydrolysis) is 1. The molecule has 23 heavy (non-hydrogen) atoms. The summed E-state index contributed by atoms with van der Waals surface area (Å²) < 4.78 is 28.5. The van der Waals surface area contributed by atoms with Crippen LogP contribution in [0.15, 0.2) is 24.3 Å². The number of benzene rings is 1. The molecule has 0 aromatic heterocycles. The van der Waals surface area contributed by atoms with E-state index >= 15 is 0 Å². The number of nitro benzene ring substituents is 1. The molecule has 0 fully saturated rings. The number of non-ortho nitro benzene ring substituents is 1. The van der Waals surface area contributed by atoms with Crippen molar-refractivity contribution in [1.29, 1.82) is 0 Å². The fraction of sp³-hybridized carbons (Fsp3) is 0.462. The summed E-state index contributed by atoms with van der Waals surface area (Å²) >= 11 is -2.58. The highest BCUT2D eigenvalue weighted by atomic mass is 32.2. The lowest BCUT2D eigenvalue weighted by Crippen LogP contribution is -2.38. The van der Waals surface area contributed by atoms with Crippen LogP contribution < -0.4 is 9.62 Å². The lowest BCUT2D eigenvalue weighted by atomic mass is 10.2. The largest absolute Gasteiger partial charge is 0.755 e. The van der Waals surface area contributed by atoms with Gasteiger partial charge in [0.2, 0.25) is 0 Å². The van der Waals surface area contributed by atoms with Gasteiger partial charge in [-0.25, -0.2) is 4.79 Å². The Morgan fingerprint density at radius 1 is 1.35 bits per heavy atom. The third-order valence-electron chi connectivity index (χ3n) is 2.51. The molecule has 1 unspecified atom stereocenters. The van der Waals surface area contributed by atoms with E-state index < -0.39 is 27.9 Å². The maximum Gasteiger partial charge on any atom is 0.407 e. The minimum atomic E-state index is -2.58. The molecule has 0 aliphatic carbocycles. The van der Waals surface area contributed by atoms with E-state index in [1.165, 1.54) is 24.3 Å². The van der Waals surface area contributed by atoms with Gasteiger partial charge in [-0.1, -0.05) is 0 Å². The number of carbonyl (C=O) groups excluding carboxylic acids is 1. The van der Waals surface area contributed by atoms with Crippen molar-refractivity contribution < 1.29 is 23.2 Å². The highest BCUT2D eigenvalue weighted by Gasteiger charge is 2.16. The molecule has 0 saturated heterocycles. The van der Waals surface area contributed by atoms with E-state index in [4.69, 9.17) is 4.74 Å². The molecule has 0 aliphatic rings. The molecular weight excluding hydrogens is 326 g/mol. The number of rotatable bonds is 6. The third-order valence-corrected chi connectivity index (χ3v) is 3.26. The van der Waals surface area contributed by atoms with Crippen molar-refractivity contribution in [2.45, 2.75) is 26.4 Å². The maximum absolute atomic E-state index is 11.5. The van der Waals surface area contributed by atoms with E-state index in [0.29, 0.717) is 0 Å². The van der Waals surface area contributed by atoms with Crippen molar-refractivity contribution in [3.8, 4) is 0 Å². The average molecular weight is 344 g/mol. The highest BCUT2D eigenvalue weighted by molar-refractivity contribution is 7.80. The first-order chi connectivity index (χ1) is 10.6. The van der Waals surface area contributed by atoms with Gasteiger partial charge in [-0.05, 0) is 32.9 Å². The van der Waals surface area contributed by atoms with Gasteiger partial charge in [-0.3, -0.25) is 14.3 Å². The van der Waals surface area contributed by atoms with Crippen LogP contribution in [0.25, 0.3) is 0 Å². The Balaban J connectivity index is 2.64. The number of nitrogens with zero attached hydrogens (tertiary/aromatic N) is 2. The predicted octanol–water partition coefficient (Wildman–Crippen LogP) is 1.72. The Kier molecular flexibility index (Phi) is 6.46. The second-order valence-electron chi connectivity index (χ2n) is 5.52. The number of hydrogen-bond donors (Lipinski definition) is 1. The number of ether oxygens (including phenoxy) is 1. The fourth-order valence-electron chi connectivity index (χ4n) is 1.60. The van der Waals surface area contributed by atoms with Crippen molar-refractivity contribution in [2.24, 2.45) is 0 Å². The first-order valence-electron chi connectivity index (χ1n) is 6.68. The molecule has 0 bridgehead atoms. The molecule has 1 amide bonds. The first kappa shape index (κ1) is 18.8.